The average molecular weight is 250 g/mol. The highest BCUT2D eigenvalue weighted by atomic mass is 15.0. The van der Waals surface area contributed by atoms with Gasteiger partial charge >= 0.3 is 0 Å². The van der Waals surface area contributed by atoms with Crippen molar-refractivity contribution in [3.05, 3.63) is 59.3 Å². The van der Waals surface area contributed by atoms with Crippen molar-refractivity contribution in [2.75, 3.05) is 6.54 Å². The molecule has 0 spiro atoms. The lowest BCUT2D eigenvalue weighted by Gasteiger charge is -2.26. The van der Waals surface area contributed by atoms with E-state index >= 15 is 0 Å². The molecular weight excluding hydrogens is 232 g/mol. The van der Waals surface area contributed by atoms with Gasteiger partial charge in [0.1, 0.15) is 0 Å². The molecule has 1 unspecified atom stereocenters. The number of nitrogens with one attached hydrogen (secondary N) is 2. The van der Waals surface area contributed by atoms with E-state index < -0.39 is 0 Å². The van der Waals surface area contributed by atoms with E-state index in [1.54, 1.807) is 0 Å². The van der Waals surface area contributed by atoms with E-state index in [-0.39, 0.29) is 0 Å². The summed E-state index contributed by atoms with van der Waals surface area (Å²) in [7, 11) is 0. The third-order valence-corrected chi connectivity index (χ3v) is 4.22. The fraction of sp³-hybridized carbons (Fsp3) is 0.294. The minimum absolute atomic E-state index is 0.340. The molecule has 0 amide bonds. The summed E-state index contributed by atoms with van der Waals surface area (Å²) in [4.78, 5) is 3.63. The summed E-state index contributed by atoms with van der Waals surface area (Å²) in [6.45, 7) is 1.06. The molecule has 1 aliphatic carbocycles. The van der Waals surface area contributed by atoms with Gasteiger partial charge in [-0.05, 0) is 36.5 Å². The number of aromatic amines is 1. The maximum absolute atomic E-state index is 3.66. The molecule has 0 radical (unpaired) electrons. The Morgan fingerprint density at radius 3 is 2.95 bits per heavy atom. The molecule has 1 atom stereocenters. The van der Waals surface area contributed by atoms with Crippen LogP contribution in [0.25, 0.3) is 10.9 Å². The van der Waals surface area contributed by atoms with Crippen molar-refractivity contribution < 1.29 is 0 Å². The number of rotatable bonds is 1. The third kappa shape index (κ3) is 1.75. The van der Waals surface area contributed by atoms with Crippen LogP contribution in [0.5, 0.6) is 0 Å². The summed E-state index contributed by atoms with van der Waals surface area (Å²) in [6, 6.07) is 8.99. The zero-order chi connectivity index (χ0) is 12.7. The van der Waals surface area contributed by atoms with Gasteiger partial charge in [0, 0.05) is 23.1 Å². The Morgan fingerprint density at radius 1 is 1.11 bits per heavy atom. The van der Waals surface area contributed by atoms with Crippen LogP contribution in [-0.4, -0.2) is 11.5 Å². The van der Waals surface area contributed by atoms with Gasteiger partial charge in [-0.2, -0.15) is 0 Å². The second kappa shape index (κ2) is 4.39. The van der Waals surface area contributed by atoms with E-state index in [1.165, 1.54) is 40.6 Å². The molecule has 1 aromatic carbocycles. The standard InChI is InChI=1S/C17H18N2/c1-2-6-12(7-3-1)16-17-14(10-11-18-16)13-8-4-5-9-15(13)19-17/h2,4-9,16,18-19H,1,3,10-11H2. The Balaban J connectivity index is 1.86. The maximum Gasteiger partial charge on any atom is 0.0729 e. The zero-order valence-electron chi connectivity index (χ0n) is 10.9. The molecule has 2 heterocycles. The van der Waals surface area contributed by atoms with Crippen LogP contribution in [0.1, 0.15) is 30.1 Å². The molecular formula is C17H18N2. The second-order valence-corrected chi connectivity index (χ2v) is 5.38. The lowest BCUT2D eigenvalue weighted by atomic mass is 9.91. The number of aromatic nitrogens is 1. The molecule has 1 aliphatic heterocycles. The van der Waals surface area contributed by atoms with Crippen molar-refractivity contribution in [1.82, 2.24) is 10.3 Å². The van der Waals surface area contributed by atoms with Gasteiger partial charge in [-0.1, -0.05) is 36.4 Å². The SMILES string of the molecule is C1=CC(C2NCCc3c2[nH]c2ccccc32)=CCC1. The van der Waals surface area contributed by atoms with Crippen LogP contribution in [0.15, 0.2) is 48.1 Å². The van der Waals surface area contributed by atoms with E-state index in [0.717, 1.165) is 13.0 Å². The Hall–Kier alpha value is -1.80. The molecule has 2 heteroatoms. The number of fused-ring (bicyclic) bond motifs is 3. The molecule has 2 aliphatic rings. The monoisotopic (exact) mass is 250 g/mol. The number of hydrogen-bond acceptors (Lipinski definition) is 1. The van der Waals surface area contributed by atoms with Crippen LogP contribution in [0.2, 0.25) is 0 Å². The predicted molar refractivity (Wildman–Crippen MR) is 79.2 cm³/mol. The molecule has 2 nitrogen and oxygen atoms in total. The Morgan fingerprint density at radius 2 is 2.05 bits per heavy atom. The van der Waals surface area contributed by atoms with Crippen molar-refractivity contribution in [1.29, 1.82) is 0 Å². The van der Waals surface area contributed by atoms with Gasteiger partial charge in [0.05, 0.1) is 6.04 Å². The first kappa shape index (κ1) is 11.1. The first-order valence-electron chi connectivity index (χ1n) is 7.13. The van der Waals surface area contributed by atoms with Crippen LogP contribution in [0.3, 0.4) is 0 Å². The van der Waals surface area contributed by atoms with Crippen LogP contribution in [0, 0.1) is 0 Å². The Labute approximate surface area is 113 Å². The van der Waals surface area contributed by atoms with E-state index in [2.05, 4.69) is 52.8 Å². The van der Waals surface area contributed by atoms with Gasteiger partial charge in [-0.3, -0.25) is 0 Å². The van der Waals surface area contributed by atoms with Crippen LogP contribution in [0.4, 0.5) is 0 Å². The van der Waals surface area contributed by atoms with Crippen LogP contribution >= 0.6 is 0 Å². The number of H-pyrrole nitrogens is 1. The molecule has 2 N–H and O–H groups in total. The van der Waals surface area contributed by atoms with E-state index in [1.807, 2.05) is 0 Å². The van der Waals surface area contributed by atoms with Gasteiger partial charge in [0.2, 0.25) is 0 Å². The third-order valence-electron chi connectivity index (χ3n) is 4.22. The van der Waals surface area contributed by atoms with Crippen molar-refractivity contribution in [3.63, 3.8) is 0 Å². The summed E-state index contributed by atoms with van der Waals surface area (Å²) >= 11 is 0. The highest BCUT2D eigenvalue weighted by Crippen LogP contribution is 2.34. The number of para-hydroxylation sites is 1. The molecule has 19 heavy (non-hydrogen) atoms. The first-order chi connectivity index (χ1) is 9.43. The predicted octanol–water partition coefficient (Wildman–Crippen LogP) is 3.63. The van der Waals surface area contributed by atoms with E-state index in [9.17, 15) is 0 Å². The highest BCUT2D eigenvalue weighted by molar-refractivity contribution is 5.85. The quantitative estimate of drug-likeness (QED) is 0.794. The molecule has 0 saturated heterocycles. The summed E-state index contributed by atoms with van der Waals surface area (Å²) in [5, 5.41) is 5.05. The summed E-state index contributed by atoms with van der Waals surface area (Å²) in [5.74, 6) is 0. The molecule has 0 bridgehead atoms. The van der Waals surface area contributed by atoms with Gasteiger partial charge in [-0.15, -0.1) is 0 Å². The van der Waals surface area contributed by atoms with Crippen LogP contribution < -0.4 is 5.32 Å². The van der Waals surface area contributed by atoms with Gasteiger partial charge < -0.3 is 10.3 Å². The second-order valence-electron chi connectivity index (χ2n) is 5.38. The fourth-order valence-electron chi connectivity index (χ4n) is 3.31. The largest absolute Gasteiger partial charge is 0.357 e. The van der Waals surface area contributed by atoms with Crippen molar-refractivity contribution in [2.24, 2.45) is 0 Å². The Kier molecular flexibility index (Phi) is 2.56. The summed E-state index contributed by atoms with van der Waals surface area (Å²) < 4.78 is 0. The first-order valence-corrected chi connectivity index (χ1v) is 7.13. The van der Waals surface area contributed by atoms with Crippen molar-refractivity contribution >= 4 is 10.9 Å². The van der Waals surface area contributed by atoms with Crippen molar-refractivity contribution in [3.8, 4) is 0 Å². The molecule has 0 fully saturated rings. The van der Waals surface area contributed by atoms with E-state index in [4.69, 9.17) is 0 Å². The minimum Gasteiger partial charge on any atom is -0.357 e. The fourth-order valence-corrected chi connectivity index (χ4v) is 3.31. The number of hydrogen-bond donors (Lipinski definition) is 2. The molecule has 96 valence electrons. The highest BCUT2D eigenvalue weighted by Gasteiger charge is 2.25. The average Bonchev–Trinajstić information content (AvgIpc) is 2.87. The van der Waals surface area contributed by atoms with Gasteiger partial charge in [0.15, 0.2) is 0 Å². The van der Waals surface area contributed by atoms with E-state index in [0.29, 0.717) is 6.04 Å². The van der Waals surface area contributed by atoms with Gasteiger partial charge in [-0.25, -0.2) is 0 Å². The van der Waals surface area contributed by atoms with Crippen LogP contribution in [-0.2, 0) is 6.42 Å². The molecule has 1 aromatic heterocycles. The minimum atomic E-state index is 0.340. The lowest BCUT2D eigenvalue weighted by molar-refractivity contribution is 0.556. The molecule has 0 saturated carbocycles. The maximum atomic E-state index is 3.66. The summed E-state index contributed by atoms with van der Waals surface area (Å²) in [6.07, 6.45) is 10.4. The smallest absolute Gasteiger partial charge is 0.0729 e. The molecule has 4 rings (SSSR count). The normalized spacial score (nSPS) is 22.3. The lowest BCUT2D eigenvalue weighted by Crippen LogP contribution is -2.30. The molecule has 2 aromatic rings. The summed E-state index contributed by atoms with van der Waals surface area (Å²) in [5.41, 5.74) is 5.55. The Bertz CT molecular complexity index is 676. The number of allylic oxidation sites excluding steroid dienone is 2. The van der Waals surface area contributed by atoms with Crippen molar-refractivity contribution in [2.45, 2.75) is 25.3 Å². The topological polar surface area (TPSA) is 27.8 Å². The number of benzene rings is 1. The van der Waals surface area contributed by atoms with Gasteiger partial charge in [0.25, 0.3) is 0 Å². The zero-order valence-corrected chi connectivity index (χ0v) is 10.9.